The summed E-state index contributed by atoms with van der Waals surface area (Å²) in [6.45, 7) is 0. The first kappa shape index (κ1) is 66.8. The molecule has 6 aromatic heterocycles. The van der Waals surface area contributed by atoms with Gasteiger partial charge in [-0.2, -0.15) is 9.97 Å². The van der Waals surface area contributed by atoms with Gasteiger partial charge >= 0.3 is 0 Å². The summed E-state index contributed by atoms with van der Waals surface area (Å²) < 4.78 is 6.43. The number of benzene rings is 16. The molecule has 16 aromatic carbocycles. The van der Waals surface area contributed by atoms with Crippen LogP contribution in [0.4, 0.5) is 0 Å². The number of hydrogen-bond acceptors (Lipinski definition) is 7. The number of hydrogen-bond donors (Lipinski definition) is 0. The van der Waals surface area contributed by atoms with Crippen molar-refractivity contribution in [2.75, 3.05) is 0 Å². The molecular formula is C107H66N10. The fourth-order valence-corrected chi connectivity index (χ4v) is 17.9. The monoisotopic (exact) mass is 1490 g/mol. The Morgan fingerprint density at radius 1 is 0.171 bits per heavy atom. The third kappa shape index (κ3) is 11.3. The summed E-state index contributed by atoms with van der Waals surface area (Å²) in [4.78, 5) is 34.4. The quantitative estimate of drug-likeness (QED) is 0.156. The van der Waals surface area contributed by atoms with Crippen molar-refractivity contribution in [2.24, 2.45) is 0 Å². The van der Waals surface area contributed by atoms with E-state index in [-0.39, 0.29) is 0 Å². The first-order valence-electron chi connectivity index (χ1n) is 39.5. The Hall–Kier alpha value is -15.9. The molecule has 10 heteroatoms. The minimum Gasteiger partial charge on any atom is -0.285 e. The second-order valence-electron chi connectivity index (χ2n) is 29.9. The summed E-state index contributed by atoms with van der Waals surface area (Å²) in [5.41, 5.74) is 31.3. The summed E-state index contributed by atoms with van der Waals surface area (Å²) in [7, 11) is 0. The Morgan fingerprint density at radius 2 is 0.427 bits per heavy atom. The molecule has 10 nitrogen and oxygen atoms in total. The molecule has 0 N–H and O–H groups in total. The molecule has 3 aliphatic carbocycles. The molecule has 117 heavy (non-hydrogen) atoms. The van der Waals surface area contributed by atoms with Crippen molar-refractivity contribution in [2.45, 2.75) is 0 Å². The van der Waals surface area contributed by atoms with E-state index < -0.39 is 0 Å². The Bertz CT molecular complexity index is 7290. The Kier molecular flexibility index (Phi) is 15.7. The van der Waals surface area contributed by atoms with Crippen molar-refractivity contribution in [1.82, 2.24) is 48.6 Å². The highest BCUT2D eigenvalue weighted by atomic mass is 15.2. The van der Waals surface area contributed by atoms with Gasteiger partial charge in [-0.15, -0.1) is 0 Å². The van der Waals surface area contributed by atoms with Gasteiger partial charge in [-0.05, 0) is 182 Å². The lowest BCUT2D eigenvalue weighted by molar-refractivity contribution is 0.934. The average molecular weight is 1490 g/mol. The number of rotatable bonds is 7. The van der Waals surface area contributed by atoms with E-state index in [0.29, 0.717) is 29.5 Å². The van der Waals surface area contributed by atoms with E-state index in [1.165, 1.54) is 149 Å². The number of nitrogens with zero attached hydrogens (tertiary/aromatic N) is 10. The van der Waals surface area contributed by atoms with Crippen molar-refractivity contribution in [1.29, 1.82) is 0 Å². The van der Waals surface area contributed by atoms with Gasteiger partial charge in [0.05, 0.1) is 27.9 Å². The first-order valence-corrected chi connectivity index (χ1v) is 39.5. The second-order valence-corrected chi connectivity index (χ2v) is 29.9. The van der Waals surface area contributed by atoms with Gasteiger partial charge in [0.2, 0.25) is 17.8 Å². The van der Waals surface area contributed by atoms with Crippen LogP contribution in [-0.2, 0) is 0 Å². The molecule has 0 fully saturated rings. The van der Waals surface area contributed by atoms with E-state index in [4.69, 9.17) is 24.9 Å². The SMILES string of the molecule is c1ccc(-c2cc(-c3ccccc3)nc(-n3cc4c5c(cccc53)-c3ccccc3-c3cc5ccccc5cc3-4)n2)cc1.c1ccc(-c2nc(-c3ccccc3)nc(-n3cc4c5c(cccc53)-c3ccccc3-c3cc5ccccc5cc3-4)n2)cc1.c1cnc(-n2cc3c4c(cccc42)-c2ccccc2-c2cc4ccccc4cc2-3)nc1. The lowest BCUT2D eigenvalue weighted by Gasteiger charge is -2.14. The largest absolute Gasteiger partial charge is 0.285 e. The van der Waals surface area contributed by atoms with Crippen LogP contribution in [-0.4, -0.2) is 48.6 Å². The predicted octanol–water partition coefficient (Wildman–Crippen LogP) is 26.7. The maximum atomic E-state index is 5.17. The zero-order chi connectivity index (χ0) is 77.0. The molecule has 0 amide bonds. The molecule has 0 aliphatic heterocycles. The van der Waals surface area contributed by atoms with Crippen LogP contribution in [0, 0.1) is 0 Å². The minimum absolute atomic E-state index is 0.595. The van der Waals surface area contributed by atoms with Crippen LogP contribution in [0.1, 0.15) is 0 Å². The molecule has 0 saturated heterocycles. The summed E-state index contributed by atoms with van der Waals surface area (Å²) in [6, 6.07) is 131. The molecule has 3 aliphatic rings. The summed E-state index contributed by atoms with van der Waals surface area (Å²) in [5.74, 6) is 3.23. The standard InChI is InChI=1S/C40H25N3.C39H24N4.C28H17N3/c1-3-12-26(13-4-1)36-24-37(27-14-5-2-6-15-27)42-40(41-36)43-25-35-34-23-29-17-8-7-16-28(29)22-33(34)31-19-10-9-18-30(31)32-20-11-21-38(43)39(32)35;1-3-12-25(13-4-1)37-40-38(26-14-5-2-6-15-26)42-39(41-37)43-24-34-33-23-28-17-8-7-16-27(28)22-32(33)30-19-10-9-18-29(30)31-20-11-21-35(43)36(31)34;1-2-8-19-16-24-23(15-18(19)7-1)21-10-4-3-9-20(21)22-11-5-12-26-27(22)25(24)17-31(26)28-29-13-6-14-30-28/h1-25H;1-24H;1-17H. The highest BCUT2D eigenvalue weighted by molar-refractivity contribution is 6.19. The van der Waals surface area contributed by atoms with Crippen LogP contribution in [0.15, 0.2) is 401 Å². The van der Waals surface area contributed by atoms with Crippen molar-refractivity contribution < 1.29 is 0 Å². The number of fused-ring (bicyclic) bond motifs is 18. The fraction of sp³-hybridized carbons (Fsp3) is 0. The van der Waals surface area contributed by atoms with Gasteiger partial charge in [-0.25, -0.2) is 24.9 Å². The van der Waals surface area contributed by atoms with Crippen LogP contribution in [0.5, 0.6) is 0 Å². The van der Waals surface area contributed by atoms with Crippen LogP contribution >= 0.6 is 0 Å². The average Bonchev–Trinajstić information content (AvgIpc) is 1.58. The molecule has 25 rings (SSSR count). The van der Waals surface area contributed by atoms with E-state index in [0.717, 1.165) is 50.2 Å². The zero-order valence-electron chi connectivity index (χ0n) is 63.1. The van der Waals surface area contributed by atoms with Gasteiger partial charge in [-0.3, -0.25) is 13.7 Å². The topological polar surface area (TPSA) is 105 Å². The summed E-state index contributed by atoms with van der Waals surface area (Å²) in [6.07, 6.45) is 10.2. The van der Waals surface area contributed by atoms with Gasteiger partial charge in [0.1, 0.15) is 0 Å². The molecule has 0 unspecified atom stereocenters. The molecule has 0 saturated carbocycles. The molecular weight excluding hydrogens is 1430 g/mol. The van der Waals surface area contributed by atoms with Gasteiger partial charge in [0.15, 0.2) is 11.6 Å². The second kappa shape index (κ2) is 27.5. The summed E-state index contributed by atoms with van der Waals surface area (Å²) in [5, 5.41) is 11.1. The smallest absolute Gasteiger partial charge is 0.238 e. The fourth-order valence-electron chi connectivity index (χ4n) is 17.9. The Morgan fingerprint density at radius 3 is 0.752 bits per heavy atom. The van der Waals surface area contributed by atoms with E-state index in [1.807, 2.05) is 78.9 Å². The van der Waals surface area contributed by atoms with Crippen molar-refractivity contribution in [3.8, 4) is 163 Å². The van der Waals surface area contributed by atoms with E-state index in [1.54, 1.807) is 12.4 Å². The van der Waals surface area contributed by atoms with Crippen LogP contribution < -0.4 is 0 Å². The minimum atomic E-state index is 0.595. The Labute approximate surface area is 673 Å². The van der Waals surface area contributed by atoms with Gasteiger partial charge < -0.3 is 0 Å². The lowest BCUT2D eigenvalue weighted by Crippen LogP contribution is -2.05. The van der Waals surface area contributed by atoms with E-state index in [2.05, 4.69) is 333 Å². The van der Waals surface area contributed by atoms with Crippen LogP contribution in [0.3, 0.4) is 0 Å². The van der Waals surface area contributed by atoms with Crippen molar-refractivity contribution in [3.05, 3.63) is 401 Å². The highest BCUT2D eigenvalue weighted by Gasteiger charge is 2.30. The maximum absolute atomic E-state index is 5.17. The molecule has 6 heterocycles. The molecule has 544 valence electrons. The number of aromatic nitrogens is 10. The Balaban J connectivity index is 0.000000105. The van der Waals surface area contributed by atoms with Crippen molar-refractivity contribution in [3.63, 3.8) is 0 Å². The van der Waals surface area contributed by atoms with Crippen molar-refractivity contribution >= 4 is 65.0 Å². The van der Waals surface area contributed by atoms with E-state index in [9.17, 15) is 0 Å². The predicted molar refractivity (Wildman–Crippen MR) is 478 cm³/mol. The van der Waals surface area contributed by atoms with Gasteiger partial charge in [0.25, 0.3) is 0 Å². The third-order valence-corrected chi connectivity index (χ3v) is 23.3. The van der Waals surface area contributed by atoms with Gasteiger partial charge in [-0.1, -0.05) is 303 Å². The first-order chi connectivity index (χ1) is 58.0. The zero-order valence-corrected chi connectivity index (χ0v) is 63.1. The molecule has 0 bridgehead atoms. The highest BCUT2D eigenvalue weighted by Crippen LogP contribution is 2.54. The molecule has 0 spiro atoms. The normalized spacial score (nSPS) is 11.8. The summed E-state index contributed by atoms with van der Waals surface area (Å²) >= 11 is 0. The molecule has 0 atom stereocenters. The maximum Gasteiger partial charge on any atom is 0.238 e. The third-order valence-electron chi connectivity index (χ3n) is 23.3. The van der Waals surface area contributed by atoms with Crippen LogP contribution in [0.25, 0.3) is 228 Å². The van der Waals surface area contributed by atoms with Gasteiger partial charge in [0, 0.05) is 86.1 Å². The van der Waals surface area contributed by atoms with Crippen LogP contribution in [0.2, 0.25) is 0 Å². The lowest BCUT2D eigenvalue weighted by atomic mass is 9.92. The molecule has 0 radical (unpaired) electrons. The van der Waals surface area contributed by atoms with E-state index >= 15 is 0 Å². The molecule has 22 aromatic rings.